The van der Waals surface area contributed by atoms with E-state index in [1.54, 1.807) is 0 Å². The Kier molecular flexibility index (Phi) is 4.67. The molecule has 0 saturated carbocycles. The second-order valence-electron chi connectivity index (χ2n) is 4.72. The summed E-state index contributed by atoms with van der Waals surface area (Å²) in [6.07, 6.45) is 1.12. The first kappa shape index (κ1) is 12.1. The first-order chi connectivity index (χ1) is 7.11. The summed E-state index contributed by atoms with van der Waals surface area (Å²) in [4.78, 5) is 0. The predicted octanol–water partition coefficient (Wildman–Crippen LogP) is 4.23. The number of hydrogen-bond acceptors (Lipinski definition) is 1. The van der Waals surface area contributed by atoms with Gasteiger partial charge in [-0.3, -0.25) is 0 Å². The number of benzene rings is 1. The summed E-state index contributed by atoms with van der Waals surface area (Å²) < 4.78 is 5.81. The molecule has 84 valence electrons. The van der Waals surface area contributed by atoms with E-state index in [1.807, 2.05) is 6.07 Å². The molecule has 0 spiro atoms. The van der Waals surface area contributed by atoms with Crippen molar-refractivity contribution >= 4 is 0 Å². The quantitative estimate of drug-likeness (QED) is 0.700. The minimum absolute atomic E-state index is 0.528. The van der Waals surface area contributed by atoms with Crippen LogP contribution in [0.3, 0.4) is 0 Å². The van der Waals surface area contributed by atoms with Crippen molar-refractivity contribution in [3.8, 4) is 5.75 Å². The van der Waals surface area contributed by atoms with Crippen LogP contribution >= 0.6 is 0 Å². The maximum Gasteiger partial charge on any atom is 0.122 e. The second-order valence-corrected chi connectivity index (χ2v) is 4.72. The van der Waals surface area contributed by atoms with Gasteiger partial charge >= 0.3 is 0 Å². The Bertz CT molecular complexity index is 289. The molecule has 0 heterocycles. The smallest absolute Gasteiger partial charge is 0.122 e. The van der Waals surface area contributed by atoms with Gasteiger partial charge in [-0.05, 0) is 29.9 Å². The van der Waals surface area contributed by atoms with Crippen LogP contribution < -0.4 is 4.74 Å². The van der Waals surface area contributed by atoms with Crippen molar-refractivity contribution in [2.45, 2.75) is 40.0 Å². The van der Waals surface area contributed by atoms with Crippen molar-refractivity contribution in [2.75, 3.05) is 6.61 Å². The molecule has 0 bridgehead atoms. The zero-order valence-electron chi connectivity index (χ0n) is 10.3. The lowest BCUT2D eigenvalue weighted by molar-refractivity contribution is 0.286. The van der Waals surface area contributed by atoms with Crippen LogP contribution in [-0.4, -0.2) is 6.61 Å². The van der Waals surface area contributed by atoms with Gasteiger partial charge in [0.25, 0.3) is 0 Å². The van der Waals surface area contributed by atoms with Crippen molar-refractivity contribution in [1.29, 1.82) is 0 Å². The van der Waals surface area contributed by atoms with Gasteiger partial charge in [-0.1, -0.05) is 45.9 Å². The van der Waals surface area contributed by atoms with Crippen LogP contribution in [0.4, 0.5) is 0 Å². The fourth-order valence-electron chi connectivity index (χ4n) is 1.49. The van der Waals surface area contributed by atoms with Gasteiger partial charge in [-0.25, -0.2) is 0 Å². The van der Waals surface area contributed by atoms with E-state index in [-0.39, 0.29) is 0 Å². The number of hydrogen-bond donors (Lipinski definition) is 0. The molecule has 1 heteroatoms. The molecule has 1 nitrogen and oxygen atoms in total. The minimum atomic E-state index is 0.528. The molecule has 0 fully saturated rings. The maximum atomic E-state index is 5.81. The molecule has 15 heavy (non-hydrogen) atoms. The van der Waals surface area contributed by atoms with Crippen molar-refractivity contribution in [3.05, 3.63) is 29.8 Å². The Hall–Kier alpha value is -0.980. The molecule has 0 atom stereocenters. The Morgan fingerprint density at radius 2 is 1.73 bits per heavy atom. The van der Waals surface area contributed by atoms with E-state index < -0.39 is 0 Å². The summed E-state index contributed by atoms with van der Waals surface area (Å²) in [6.45, 7) is 9.66. The van der Waals surface area contributed by atoms with E-state index >= 15 is 0 Å². The molecule has 0 aromatic heterocycles. The van der Waals surface area contributed by atoms with Crippen molar-refractivity contribution in [3.63, 3.8) is 0 Å². The topological polar surface area (TPSA) is 9.23 Å². The van der Waals surface area contributed by atoms with Crippen molar-refractivity contribution in [2.24, 2.45) is 5.92 Å². The van der Waals surface area contributed by atoms with Crippen LogP contribution in [-0.2, 0) is 0 Å². The summed E-state index contributed by atoms with van der Waals surface area (Å²) in [5.41, 5.74) is 1.31. The van der Waals surface area contributed by atoms with Crippen LogP contribution in [0.5, 0.6) is 5.75 Å². The average Bonchev–Trinajstić information content (AvgIpc) is 2.17. The highest BCUT2D eigenvalue weighted by Crippen LogP contribution is 2.25. The van der Waals surface area contributed by atoms with Gasteiger partial charge in [0.15, 0.2) is 0 Å². The number of rotatable bonds is 5. The molecule has 0 unspecified atom stereocenters. The predicted molar refractivity (Wildman–Crippen MR) is 65.5 cm³/mol. The summed E-state index contributed by atoms with van der Waals surface area (Å²) in [5, 5.41) is 0. The summed E-state index contributed by atoms with van der Waals surface area (Å²) in [7, 11) is 0. The Labute approximate surface area is 93.5 Å². The normalized spacial score (nSPS) is 11.1. The molecule has 1 rings (SSSR count). The highest BCUT2D eigenvalue weighted by molar-refractivity contribution is 5.35. The van der Waals surface area contributed by atoms with Gasteiger partial charge in [-0.2, -0.15) is 0 Å². The van der Waals surface area contributed by atoms with Crippen LogP contribution in [0, 0.1) is 5.92 Å². The van der Waals surface area contributed by atoms with Gasteiger partial charge in [-0.15, -0.1) is 0 Å². The largest absolute Gasteiger partial charge is 0.493 e. The highest BCUT2D eigenvalue weighted by Gasteiger charge is 2.06. The van der Waals surface area contributed by atoms with E-state index in [0.29, 0.717) is 11.8 Å². The van der Waals surface area contributed by atoms with Crippen LogP contribution in [0.25, 0.3) is 0 Å². The van der Waals surface area contributed by atoms with E-state index in [0.717, 1.165) is 18.8 Å². The standard InChI is InChI=1S/C14H22O/c1-11(2)9-10-15-14-8-6-5-7-13(14)12(3)4/h5-8,11-12H,9-10H2,1-4H3. The third kappa shape index (κ3) is 3.94. The van der Waals surface area contributed by atoms with Crippen LogP contribution in [0.1, 0.15) is 45.6 Å². The summed E-state index contributed by atoms with van der Waals surface area (Å²) in [6, 6.07) is 8.33. The van der Waals surface area contributed by atoms with Crippen LogP contribution in [0.15, 0.2) is 24.3 Å². The molecule has 0 aliphatic carbocycles. The zero-order valence-corrected chi connectivity index (χ0v) is 10.3. The second kappa shape index (κ2) is 5.79. The molecule has 0 N–H and O–H groups in total. The fourth-order valence-corrected chi connectivity index (χ4v) is 1.49. The van der Waals surface area contributed by atoms with Crippen molar-refractivity contribution < 1.29 is 4.74 Å². The van der Waals surface area contributed by atoms with E-state index in [1.165, 1.54) is 5.56 Å². The molecule has 0 saturated heterocycles. The van der Waals surface area contributed by atoms with Gasteiger partial charge in [0.2, 0.25) is 0 Å². The van der Waals surface area contributed by atoms with Gasteiger partial charge in [0.05, 0.1) is 6.61 Å². The van der Waals surface area contributed by atoms with E-state index in [9.17, 15) is 0 Å². The first-order valence-corrected chi connectivity index (χ1v) is 5.83. The lowest BCUT2D eigenvalue weighted by Gasteiger charge is -2.14. The zero-order chi connectivity index (χ0) is 11.3. The lowest BCUT2D eigenvalue weighted by atomic mass is 10.0. The number of para-hydroxylation sites is 1. The third-order valence-electron chi connectivity index (χ3n) is 2.49. The monoisotopic (exact) mass is 206 g/mol. The number of ether oxygens (including phenoxy) is 1. The van der Waals surface area contributed by atoms with E-state index in [4.69, 9.17) is 4.74 Å². The average molecular weight is 206 g/mol. The third-order valence-corrected chi connectivity index (χ3v) is 2.49. The molecule has 0 amide bonds. The Morgan fingerprint density at radius 3 is 2.33 bits per heavy atom. The summed E-state index contributed by atoms with van der Waals surface area (Å²) in [5.74, 6) is 2.28. The molecule has 0 aliphatic rings. The SMILES string of the molecule is CC(C)CCOc1ccccc1C(C)C. The van der Waals surface area contributed by atoms with E-state index in [2.05, 4.69) is 45.9 Å². The molecule has 1 aromatic carbocycles. The Balaban J connectivity index is 2.59. The molecular weight excluding hydrogens is 184 g/mol. The molecule has 1 aromatic rings. The minimum Gasteiger partial charge on any atom is -0.493 e. The maximum absolute atomic E-state index is 5.81. The highest BCUT2D eigenvalue weighted by atomic mass is 16.5. The first-order valence-electron chi connectivity index (χ1n) is 5.83. The summed E-state index contributed by atoms with van der Waals surface area (Å²) >= 11 is 0. The van der Waals surface area contributed by atoms with Crippen molar-refractivity contribution in [1.82, 2.24) is 0 Å². The van der Waals surface area contributed by atoms with Gasteiger partial charge in [0.1, 0.15) is 5.75 Å². The van der Waals surface area contributed by atoms with Crippen LogP contribution in [0.2, 0.25) is 0 Å². The van der Waals surface area contributed by atoms with Gasteiger partial charge < -0.3 is 4.74 Å². The molecule has 0 aliphatic heterocycles. The Morgan fingerprint density at radius 1 is 1.07 bits per heavy atom. The molecule has 0 radical (unpaired) electrons. The fraction of sp³-hybridized carbons (Fsp3) is 0.571. The van der Waals surface area contributed by atoms with Gasteiger partial charge in [0, 0.05) is 0 Å². The lowest BCUT2D eigenvalue weighted by Crippen LogP contribution is -2.03. The molecular formula is C14H22O.